The van der Waals surface area contributed by atoms with Crippen LogP contribution in [0.25, 0.3) is 0 Å². The number of rotatable bonds is 4. The summed E-state index contributed by atoms with van der Waals surface area (Å²) in [5.74, 6) is -0.868. The molecule has 1 aromatic rings. The van der Waals surface area contributed by atoms with Gasteiger partial charge in [-0.15, -0.1) is 13.2 Å². The van der Waals surface area contributed by atoms with E-state index in [9.17, 15) is 21.6 Å². The summed E-state index contributed by atoms with van der Waals surface area (Å²) in [6.07, 6.45) is -4.95. The maximum Gasteiger partial charge on any atom is 0.573 e. The third kappa shape index (κ3) is 5.78. The van der Waals surface area contributed by atoms with Crippen LogP contribution in [0, 0.1) is 0 Å². The first-order valence-electron chi connectivity index (χ1n) is 4.43. The van der Waals surface area contributed by atoms with Crippen molar-refractivity contribution in [3.63, 3.8) is 0 Å². The average molecular weight is 289 g/mol. The fourth-order valence-corrected chi connectivity index (χ4v) is 1.86. The zero-order valence-corrected chi connectivity index (χ0v) is 9.94. The lowest BCUT2D eigenvalue weighted by molar-refractivity contribution is -0.274. The Morgan fingerprint density at radius 3 is 2.35 bits per heavy atom. The van der Waals surface area contributed by atoms with Crippen molar-refractivity contribution in [2.45, 2.75) is 12.8 Å². The Balaban J connectivity index is 2.85. The first-order chi connectivity index (χ1) is 7.67. The van der Waals surface area contributed by atoms with Crippen LogP contribution in [0.15, 0.2) is 24.3 Å². The molecule has 0 fully saturated rings. The predicted molar refractivity (Wildman–Crippen MR) is 56.5 cm³/mol. The highest BCUT2D eigenvalue weighted by Gasteiger charge is 2.32. The van der Waals surface area contributed by atoms with E-state index in [0.717, 1.165) is 6.07 Å². The molecule has 0 aromatic heterocycles. The summed E-state index contributed by atoms with van der Waals surface area (Å²) < 4.78 is 61.3. The second-order valence-electron chi connectivity index (χ2n) is 3.15. The average Bonchev–Trinajstić information content (AvgIpc) is 2.12. The Labute approximate surface area is 101 Å². The van der Waals surface area contributed by atoms with Crippen LogP contribution in [0.5, 0.6) is 5.75 Å². The van der Waals surface area contributed by atoms with Gasteiger partial charge in [0, 0.05) is 10.7 Å². The van der Waals surface area contributed by atoms with Gasteiger partial charge >= 0.3 is 6.36 Å². The zero-order valence-electron chi connectivity index (χ0n) is 8.37. The fraction of sp³-hybridized carbons (Fsp3) is 0.333. The lowest BCUT2D eigenvalue weighted by Crippen LogP contribution is -2.18. The Morgan fingerprint density at radius 2 is 1.82 bits per heavy atom. The Bertz CT molecular complexity index is 485. The number of benzene rings is 1. The van der Waals surface area contributed by atoms with Gasteiger partial charge in [0.2, 0.25) is 9.05 Å². The number of para-hydroxylation sites is 1. The largest absolute Gasteiger partial charge is 0.573 e. The van der Waals surface area contributed by atoms with Crippen molar-refractivity contribution in [1.29, 1.82) is 0 Å². The van der Waals surface area contributed by atoms with Crippen LogP contribution in [0.4, 0.5) is 13.2 Å². The minimum Gasteiger partial charge on any atom is -0.406 e. The quantitative estimate of drug-likeness (QED) is 0.800. The monoisotopic (exact) mass is 288 g/mol. The van der Waals surface area contributed by atoms with Gasteiger partial charge in [-0.1, -0.05) is 18.2 Å². The molecule has 96 valence electrons. The van der Waals surface area contributed by atoms with Crippen LogP contribution in [0.1, 0.15) is 5.56 Å². The number of halogens is 4. The second kappa shape index (κ2) is 5.14. The van der Waals surface area contributed by atoms with Gasteiger partial charge in [0.1, 0.15) is 5.75 Å². The molecule has 0 saturated carbocycles. The van der Waals surface area contributed by atoms with E-state index in [1.54, 1.807) is 0 Å². The minimum absolute atomic E-state index is 0.133. The maximum absolute atomic E-state index is 12.0. The number of alkyl halides is 3. The topological polar surface area (TPSA) is 43.4 Å². The molecule has 0 unspecified atom stereocenters. The van der Waals surface area contributed by atoms with Crippen LogP contribution in [0.2, 0.25) is 0 Å². The van der Waals surface area contributed by atoms with Gasteiger partial charge in [-0.2, -0.15) is 0 Å². The normalized spacial score (nSPS) is 12.5. The first-order valence-corrected chi connectivity index (χ1v) is 6.91. The Hall–Kier alpha value is -0.950. The van der Waals surface area contributed by atoms with Crippen molar-refractivity contribution in [2.24, 2.45) is 0 Å². The summed E-state index contributed by atoms with van der Waals surface area (Å²) in [7, 11) is 1.23. The van der Waals surface area contributed by atoms with Gasteiger partial charge in [0.15, 0.2) is 0 Å². The first kappa shape index (κ1) is 14.1. The molecule has 17 heavy (non-hydrogen) atoms. The maximum atomic E-state index is 12.0. The summed E-state index contributed by atoms with van der Waals surface area (Å²) in [5.41, 5.74) is 0.133. The van der Waals surface area contributed by atoms with Crippen molar-refractivity contribution in [2.75, 3.05) is 5.75 Å². The fourth-order valence-electron chi connectivity index (χ4n) is 1.17. The molecule has 0 heterocycles. The highest BCUT2D eigenvalue weighted by Crippen LogP contribution is 2.26. The van der Waals surface area contributed by atoms with E-state index in [1.807, 2.05) is 0 Å². The number of ether oxygens (including phenoxy) is 1. The standard InChI is InChI=1S/C9H8ClF3O3S/c10-17(14,15)6-5-7-3-1-2-4-8(7)16-9(11,12)13/h1-4H,5-6H2. The Morgan fingerprint density at radius 1 is 1.24 bits per heavy atom. The van der Waals surface area contributed by atoms with E-state index < -0.39 is 26.9 Å². The highest BCUT2D eigenvalue weighted by molar-refractivity contribution is 8.13. The molecular weight excluding hydrogens is 281 g/mol. The van der Waals surface area contributed by atoms with Gasteiger partial charge in [-0.3, -0.25) is 0 Å². The molecule has 0 atom stereocenters. The van der Waals surface area contributed by atoms with Crippen molar-refractivity contribution in [1.82, 2.24) is 0 Å². The van der Waals surface area contributed by atoms with Crippen LogP contribution in [-0.2, 0) is 15.5 Å². The molecule has 0 bridgehead atoms. The highest BCUT2D eigenvalue weighted by atomic mass is 35.7. The zero-order chi connectivity index (χ0) is 13.1. The summed E-state index contributed by atoms with van der Waals surface area (Å²) in [5, 5.41) is 0. The molecule has 0 amide bonds. The van der Waals surface area contributed by atoms with E-state index in [0.29, 0.717) is 0 Å². The predicted octanol–water partition coefficient (Wildman–Crippen LogP) is 2.70. The van der Waals surface area contributed by atoms with Crippen molar-refractivity contribution in [3.05, 3.63) is 29.8 Å². The summed E-state index contributed by atoms with van der Waals surface area (Å²) in [4.78, 5) is 0. The number of aryl methyl sites for hydroxylation is 1. The van der Waals surface area contributed by atoms with Crippen molar-refractivity contribution in [3.8, 4) is 5.75 Å². The van der Waals surface area contributed by atoms with Crippen LogP contribution in [0.3, 0.4) is 0 Å². The van der Waals surface area contributed by atoms with Gasteiger partial charge in [0.25, 0.3) is 0 Å². The van der Waals surface area contributed by atoms with Crippen LogP contribution in [-0.4, -0.2) is 20.5 Å². The lowest BCUT2D eigenvalue weighted by atomic mass is 10.1. The second-order valence-corrected chi connectivity index (χ2v) is 6.05. The van der Waals surface area contributed by atoms with Crippen LogP contribution < -0.4 is 4.74 Å². The van der Waals surface area contributed by atoms with E-state index in [-0.39, 0.29) is 12.0 Å². The van der Waals surface area contributed by atoms with E-state index in [2.05, 4.69) is 4.74 Å². The molecule has 0 aliphatic carbocycles. The molecule has 0 spiro atoms. The smallest absolute Gasteiger partial charge is 0.406 e. The molecule has 0 aliphatic heterocycles. The molecule has 3 nitrogen and oxygen atoms in total. The summed E-state index contributed by atoms with van der Waals surface area (Å²) in [6.45, 7) is 0. The molecule has 0 N–H and O–H groups in total. The van der Waals surface area contributed by atoms with Crippen LogP contribution >= 0.6 is 10.7 Å². The minimum atomic E-state index is -4.81. The van der Waals surface area contributed by atoms with Gasteiger partial charge < -0.3 is 4.74 Å². The lowest BCUT2D eigenvalue weighted by Gasteiger charge is -2.12. The summed E-state index contributed by atoms with van der Waals surface area (Å²) in [6, 6.07) is 5.31. The molecule has 0 saturated heterocycles. The number of hydrogen-bond acceptors (Lipinski definition) is 3. The van der Waals surface area contributed by atoms with E-state index in [1.165, 1.54) is 18.2 Å². The SMILES string of the molecule is O=S(=O)(Cl)CCc1ccccc1OC(F)(F)F. The van der Waals surface area contributed by atoms with Gasteiger partial charge in [0.05, 0.1) is 5.75 Å². The van der Waals surface area contributed by atoms with Gasteiger partial charge in [-0.25, -0.2) is 8.42 Å². The molecular formula is C9H8ClF3O3S. The number of hydrogen-bond donors (Lipinski definition) is 0. The van der Waals surface area contributed by atoms with Crippen molar-refractivity contribution >= 4 is 19.7 Å². The van der Waals surface area contributed by atoms with Gasteiger partial charge in [-0.05, 0) is 18.1 Å². The third-order valence-electron chi connectivity index (χ3n) is 1.81. The molecule has 8 heteroatoms. The molecule has 0 radical (unpaired) electrons. The summed E-state index contributed by atoms with van der Waals surface area (Å²) >= 11 is 0. The molecule has 1 rings (SSSR count). The molecule has 1 aromatic carbocycles. The molecule has 0 aliphatic rings. The van der Waals surface area contributed by atoms with E-state index in [4.69, 9.17) is 10.7 Å². The van der Waals surface area contributed by atoms with Crippen molar-refractivity contribution < 1.29 is 26.3 Å². The third-order valence-corrected chi connectivity index (χ3v) is 2.97. The van der Waals surface area contributed by atoms with E-state index >= 15 is 0 Å². The Kier molecular flexibility index (Phi) is 4.26.